The molecule has 2 aromatic rings. The number of hydrogen-bond acceptors (Lipinski definition) is 4. The van der Waals surface area contributed by atoms with Gasteiger partial charge in [0.15, 0.2) is 11.5 Å². The number of ether oxygens (including phenoxy) is 2. The zero-order valence-corrected chi connectivity index (χ0v) is 12.5. The Balaban J connectivity index is 2.21. The number of halogens is 2. The quantitative estimate of drug-likeness (QED) is 0.599. The number of nitro benzene ring substituents is 1. The van der Waals surface area contributed by atoms with E-state index in [4.69, 9.17) is 32.7 Å². The van der Waals surface area contributed by atoms with E-state index in [0.717, 1.165) is 5.56 Å². The third-order valence-corrected chi connectivity index (χ3v) is 3.11. The van der Waals surface area contributed by atoms with Crippen molar-refractivity contribution in [3.05, 3.63) is 62.1 Å². The standard InChI is InChI=1S/C14H11Cl2NO4/c1-20-13-3-2-12(17(18)19)7-14(13)21-8-9-4-10(15)6-11(16)5-9/h2-7H,8H2,1H3. The molecule has 0 aromatic heterocycles. The summed E-state index contributed by atoms with van der Waals surface area (Å²) in [6.45, 7) is 0.164. The Labute approximate surface area is 131 Å². The summed E-state index contributed by atoms with van der Waals surface area (Å²) in [5.74, 6) is 0.691. The number of hydrogen-bond donors (Lipinski definition) is 0. The highest BCUT2D eigenvalue weighted by Crippen LogP contribution is 2.32. The lowest BCUT2D eigenvalue weighted by atomic mass is 10.2. The summed E-state index contributed by atoms with van der Waals surface area (Å²) >= 11 is 11.8. The van der Waals surface area contributed by atoms with Crippen molar-refractivity contribution in [1.82, 2.24) is 0 Å². The van der Waals surface area contributed by atoms with E-state index in [1.807, 2.05) is 0 Å². The fourth-order valence-electron chi connectivity index (χ4n) is 1.75. The topological polar surface area (TPSA) is 61.6 Å². The van der Waals surface area contributed by atoms with Crippen LogP contribution in [0.5, 0.6) is 11.5 Å². The van der Waals surface area contributed by atoms with Crippen molar-refractivity contribution in [2.24, 2.45) is 0 Å². The summed E-state index contributed by atoms with van der Waals surface area (Å²) in [4.78, 5) is 10.3. The molecule has 0 saturated heterocycles. The second-order valence-electron chi connectivity index (χ2n) is 4.16. The normalized spacial score (nSPS) is 10.2. The Morgan fingerprint density at radius 2 is 1.76 bits per heavy atom. The van der Waals surface area contributed by atoms with Crippen LogP contribution in [-0.4, -0.2) is 12.0 Å². The van der Waals surface area contributed by atoms with Crippen LogP contribution < -0.4 is 9.47 Å². The van der Waals surface area contributed by atoms with Gasteiger partial charge >= 0.3 is 0 Å². The van der Waals surface area contributed by atoms with E-state index in [2.05, 4.69) is 0 Å². The highest BCUT2D eigenvalue weighted by atomic mass is 35.5. The van der Waals surface area contributed by atoms with Crippen molar-refractivity contribution in [3.63, 3.8) is 0 Å². The molecule has 7 heteroatoms. The first-order chi connectivity index (χ1) is 9.99. The first-order valence-corrected chi connectivity index (χ1v) is 6.65. The molecule has 2 rings (SSSR count). The van der Waals surface area contributed by atoms with E-state index in [1.165, 1.54) is 25.3 Å². The largest absolute Gasteiger partial charge is 0.493 e. The van der Waals surface area contributed by atoms with Gasteiger partial charge in [-0.3, -0.25) is 10.1 Å². The van der Waals surface area contributed by atoms with Crippen LogP contribution in [0.4, 0.5) is 5.69 Å². The molecule has 0 N–H and O–H groups in total. The van der Waals surface area contributed by atoms with Gasteiger partial charge in [-0.15, -0.1) is 0 Å². The lowest BCUT2D eigenvalue weighted by Crippen LogP contribution is -1.99. The molecule has 2 aromatic carbocycles. The Morgan fingerprint density at radius 3 is 2.33 bits per heavy atom. The van der Waals surface area contributed by atoms with Crippen LogP contribution >= 0.6 is 23.2 Å². The summed E-state index contributed by atoms with van der Waals surface area (Å²) in [6.07, 6.45) is 0. The molecule has 0 bridgehead atoms. The van der Waals surface area contributed by atoms with Gasteiger partial charge in [0.05, 0.1) is 18.1 Å². The molecule has 0 atom stereocenters. The summed E-state index contributed by atoms with van der Waals surface area (Å²) in [6, 6.07) is 9.17. The van der Waals surface area contributed by atoms with Crippen LogP contribution in [0, 0.1) is 10.1 Å². The maximum Gasteiger partial charge on any atom is 0.273 e. The smallest absolute Gasteiger partial charge is 0.273 e. The van der Waals surface area contributed by atoms with Crippen molar-refractivity contribution < 1.29 is 14.4 Å². The van der Waals surface area contributed by atoms with Gasteiger partial charge in [0.2, 0.25) is 0 Å². The van der Waals surface area contributed by atoms with E-state index in [9.17, 15) is 10.1 Å². The maximum atomic E-state index is 10.8. The minimum Gasteiger partial charge on any atom is -0.493 e. The van der Waals surface area contributed by atoms with E-state index >= 15 is 0 Å². The number of non-ortho nitro benzene ring substituents is 1. The molecule has 0 spiro atoms. The second-order valence-corrected chi connectivity index (χ2v) is 5.03. The van der Waals surface area contributed by atoms with Crippen molar-refractivity contribution in [2.45, 2.75) is 6.61 Å². The zero-order valence-electron chi connectivity index (χ0n) is 11.0. The molecule has 0 amide bonds. The highest BCUT2D eigenvalue weighted by molar-refractivity contribution is 6.34. The Bertz CT molecular complexity index is 656. The van der Waals surface area contributed by atoms with Gasteiger partial charge in [0.1, 0.15) is 6.61 Å². The molecule has 0 radical (unpaired) electrons. The fourth-order valence-corrected chi connectivity index (χ4v) is 2.32. The number of rotatable bonds is 5. The Morgan fingerprint density at radius 1 is 1.10 bits per heavy atom. The van der Waals surface area contributed by atoms with Crippen molar-refractivity contribution in [3.8, 4) is 11.5 Å². The molecule has 0 fully saturated rings. The molecule has 0 aliphatic carbocycles. The summed E-state index contributed by atoms with van der Waals surface area (Å²) in [5.41, 5.74) is 0.677. The van der Waals surface area contributed by atoms with Crippen LogP contribution in [0.25, 0.3) is 0 Å². The summed E-state index contributed by atoms with van der Waals surface area (Å²) < 4.78 is 10.7. The number of nitro groups is 1. The summed E-state index contributed by atoms with van der Waals surface area (Å²) in [5, 5.41) is 11.8. The van der Waals surface area contributed by atoms with Crippen molar-refractivity contribution in [1.29, 1.82) is 0 Å². The van der Waals surface area contributed by atoms with Crippen molar-refractivity contribution >= 4 is 28.9 Å². The Hall–Kier alpha value is -1.98. The second kappa shape index (κ2) is 6.65. The van der Waals surface area contributed by atoms with Crippen LogP contribution in [0.1, 0.15) is 5.56 Å². The summed E-state index contributed by atoms with van der Waals surface area (Å²) in [7, 11) is 1.46. The first kappa shape index (κ1) is 15.4. The van der Waals surface area contributed by atoms with Gasteiger partial charge in [-0.05, 0) is 29.8 Å². The van der Waals surface area contributed by atoms with E-state index in [-0.39, 0.29) is 18.0 Å². The number of nitrogens with zero attached hydrogens (tertiary/aromatic N) is 1. The van der Waals surface area contributed by atoms with Crippen LogP contribution in [-0.2, 0) is 6.61 Å². The maximum absolute atomic E-state index is 10.8. The molecule has 0 aliphatic rings. The molecule has 21 heavy (non-hydrogen) atoms. The number of benzene rings is 2. The van der Waals surface area contributed by atoms with Crippen molar-refractivity contribution in [2.75, 3.05) is 7.11 Å². The van der Waals surface area contributed by atoms with Gasteiger partial charge in [0.25, 0.3) is 5.69 Å². The third-order valence-electron chi connectivity index (χ3n) is 2.67. The van der Waals surface area contributed by atoms with Crippen LogP contribution in [0.15, 0.2) is 36.4 Å². The average molecular weight is 328 g/mol. The number of methoxy groups -OCH3 is 1. The highest BCUT2D eigenvalue weighted by Gasteiger charge is 2.12. The monoisotopic (exact) mass is 327 g/mol. The minimum atomic E-state index is -0.497. The lowest BCUT2D eigenvalue weighted by Gasteiger charge is -2.11. The van der Waals surface area contributed by atoms with E-state index < -0.39 is 4.92 Å². The molecule has 110 valence electrons. The van der Waals surface area contributed by atoms with E-state index in [0.29, 0.717) is 15.8 Å². The SMILES string of the molecule is COc1ccc([N+](=O)[O-])cc1OCc1cc(Cl)cc(Cl)c1. The molecule has 5 nitrogen and oxygen atoms in total. The third kappa shape index (κ3) is 4.00. The first-order valence-electron chi connectivity index (χ1n) is 5.90. The van der Waals surface area contributed by atoms with Gasteiger partial charge in [-0.25, -0.2) is 0 Å². The lowest BCUT2D eigenvalue weighted by molar-refractivity contribution is -0.385. The molecular weight excluding hydrogens is 317 g/mol. The predicted octanol–water partition coefficient (Wildman–Crippen LogP) is 4.49. The average Bonchev–Trinajstić information content (AvgIpc) is 2.43. The predicted molar refractivity (Wildman–Crippen MR) is 80.4 cm³/mol. The van der Waals surface area contributed by atoms with Crippen LogP contribution in [0.3, 0.4) is 0 Å². The molecular formula is C14H11Cl2NO4. The molecule has 0 saturated carbocycles. The van der Waals surface area contributed by atoms with Crippen LogP contribution in [0.2, 0.25) is 10.0 Å². The van der Waals surface area contributed by atoms with E-state index in [1.54, 1.807) is 18.2 Å². The molecule has 0 heterocycles. The molecule has 0 unspecified atom stereocenters. The van der Waals surface area contributed by atoms with Gasteiger partial charge in [0, 0.05) is 16.1 Å². The minimum absolute atomic E-state index is 0.0741. The van der Waals surface area contributed by atoms with Gasteiger partial charge in [-0.2, -0.15) is 0 Å². The zero-order chi connectivity index (χ0) is 15.4. The fraction of sp³-hybridized carbons (Fsp3) is 0.143. The van der Waals surface area contributed by atoms with Gasteiger partial charge < -0.3 is 9.47 Å². The molecule has 0 aliphatic heterocycles. The Kier molecular flexibility index (Phi) is 4.88. The van der Waals surface area contributed by atoms with Gasteiger partial charge in [-0.1, -0.05) is 23.2 Å².